The monoisotopic (exact) mass is 441 g/mol. The van der Waals surface area contributed by atoms with Crippen molar-refractivity contribution in [1.82, 2.24) is 5.32 Å². The number of unbranched alkanes of at least 4 members (excludes halogenated alkanes) is 13. The lowest BCUT2D eigenvalue weighted by Crippen LogP contribution is -2.62. The normalized spacial score (nSPS) is 14.1. The van der Waals surface area contributed by atoms with Crippen LogP contribution in [0.2, 0.25) is 0 Å². The molecule has 0 aliphatic rings. The third-order valence-corrected chi connectivity index (χ3v) is 6.56. The number of carbonyl (C=O) groups is 1. The second kappa shape index (κ2) is 18.6. The average molecular weight is 442 g/mol. The molecule has 0 aromatic rings. The van der Waals surface area contributed by atoms with Crippen LogP contribution in [-0.4, -0.2) is 59.6 Å². The van der Waals surface area contributed by atoms with E-state index in [9.17, 15) is 15.0 Å². The first-order valence-corrected chi connectivity index (χ1v) is 12.9. The molecule has 1 atom stereocenters. The Kier molecular flexibility index (Phi) is 18.1. The van der Waals surface area contributed by atoms with E-state index in [4.69, 9.17) is 0 Å². The van der Waals surface area contributed by atoms with Crippen molar-refractivity contribution in [2.75, 3.05) is 33.3 Å². The molecule has 0 aliphatic carbocycles. The number of quaternary nitrogens is 1. The van der Waals surface area contributed by atoms with Gasteiger partial charge in [0, 0.05) is 13.8 Å². The van der Waals surface area contributed by atoms with Crippen molar-refractivity contribution < 1.29 is 19.5 Å². The number of hydrogen-bond acceptors (Lipinski definition) is 3. The van der Waals surface area contributed by atoms with Crippen LogP contribution in [0.15, 0.2) is 12.2 Å². The van der Waals surface area contributed by atoms with Gasteiger partial charge in [0.05, 0.1) is 26.7 Å². The van der Waals surface area contributed by atoms with Gasteiger partial charge in [-0.15, -0.1) is 0 Å². The minimum atomic E-state index is -0.961. The van der Waals surface area contributed by atoms with Crippen LogP contribution >= 0.6 is 0 Å². The molecule has 0 radical (unpaired) electrons. The summed E-state index contributed by atoms with van der Waals surface area (Å²) in [5.41, 5.74) is -0.961. The number of aliphatic hydroxyl groups excluding tert-OH is 1. The van der Waals surface area contributed by atoms with E-state index in [2.05, 4.69) is 12.2 Å². The summed E-state index contributed by atoms with van der Waals surface area (Å²) in [5, 5.41) is 22.5. The van der Waals surface area contributed by atoms with Crippen LogP contribution in [0.25, 0.3) is 0 Å². The molecule has 5 nitrogen and oxygen atoms in total. The summed E-state index contributed by atoms with van der Waals surface area (Å²) < 4.78 is 0.298. The third-order valence-electron chi connectivity index (χ3n) is 6.56. The van der Waals surface area contributed by atoms with Gasteiger partial charge in [-0.1, -0.05) is 90.0 Å². The lowest BCUT2D eigenvalue weighted by molar-refractivity contribution is -0.978. The van der Waals surface area contributed by atoms with Gasteiger partial charge in [-0.2, -0.15) is 0 Å². The maximum absolute atomic E-state index is 12.0. The summed E-state index contributed by atoms with van der Waals surface area (Å²) >= 11 is 0. The van der Waals surface area contributed by atoms with Gasteiger partial charge in [-0.3, -0.25) is 9.28 Å². The minimum Gasteiger partial charge on any atom is -0.391 e. The number of aliphatic hydroxyl groups is 2. The number of hydrogen-bond donors (Lipinski definition) is 3. The van der Waals surface area contributed by atoms with Crippen molar-refractivity contribution in [2.45, 2.75) is 116 Å². The second-order valence-corrected chi connectivity index (χ2v) is 9.79. The van der Waals surface area contributed by atoms with E-state index in [0.29, 0.717) is 24.1 Å². The Morgan fingerprint density at radius 3 is 1.81 bits per heavy atom. The Bertz CT molecular complexity index is 460. The van der Waals surface area contributed by atoms with Crippen molar-refractivity contribution in [1.29, 1.82) is 0 Å². The predicted molar refractivity (Wildman–Crippen MR) is 132 cm³/mol. The van der Waals surface area contributed by atoms with Gasteiger partial charge < -0.3 is 15.5 Å². The molecular formula is C26H53N2O3+. The molecule has 1 unspecified atom stereocenters. The van der Waals surface area contributed by atoms with Crippen LogP contribution in [0.5, 0.6) is 0 Å². The van der Waals surface area contributed by atoms with Crippen molar-refractivity contribution in [3.8, 4) is 0 Å². The first kappa shape index (κ1) is 30.1. The highest BCUT2D eigenvalue weighted by Gasteiger charge is 2.37. The van der Waals surface area contributed by atoms with E-state index in [1.165, 1.54) is 77.0 Å². The fourth-order valence-corrected chi connectivity index (χ4v) is 3.83. The van der Waals surface area contributed by atoms with Gasteiger partial charge in [0.25, 0.3) is 0 Å². The molecule has 1 amide bonds. The van der Waals surface area contributed by atoms with E-state index < -0.39 is 5.72 Å². The summed E-state index contributed by atoms with van der Waals surface area (Å²) in [6.45, 7) is 7.25. The summed E-state index contributed by atoms with van der Waals surface area (Å²) in [4.78, 5) is 12.0. The fourth-order valence-electron chi connectivity index (χ4n) is 3.83. The minimum absolute atomic E-state index is 0.00740. The van der Waals surface area contributed by atoms with Crippen LogP contribution < -0.4 is 5.32 Å². The van der Waals surface area contributed by atoms with Gasteiger partial charge in [-0.05, 0) is 18.9 Å². The molecule has 5 heteroatoms. The molecule has 0 saturated heterocycles. The molecule has 0 aliphatic heterocycles. The molecule has 3 N–H and O–H groups in total. The van der Waals surface area contributed by atoms with Crippen molar-refractivity contribution in [2.24, 2.45) is 0 Å². The largest absolute Gasteiger partial charge is 0.391 e. The maximum atomic E-state index is 12.0. The van der Waals surface area contributed by atoms with Crippen LogP contribution in [0.3, 0.4) is 0 Å². The van der Waals surface area contributed by atoms with E-state index in [0.717, 1.165) is 12.8 Å². The number of amides is 1. The highest BCUT2D eigenvalue weighted by atomic mass is 16.3. The van der Waals surface area contributed by atoms with E-state index in [1.807, 2.05) is 13.1 Å². The molecule has 0 spiro atoms. The highest BCUT2D eigenvalue weighted by Crippen LogP contribution is 2.18. The Morgan fingerprint density at radius 2 is 1.35 bits per heavy atom. The van der Waals surface area contributed by atoms with Crippen molar-refractivity contribution >= 4 is 5.91 Å². The zero-order valence-corrected chi connectivity index (χ0v) is 21.1. The number of allylic oxidation sites excluding steroid dienone is 1. The Balaban J connectivity index is 3.62. The fraction of sp³-hybridized carbons (Fsp3) is 0.885. The smallest absolute Gasteiger partial charge is 0.243 e. The summed E-state index contributed by atoms with van der Waals surface area (Å²) in [6, 6.07) is 0. The van der Waals surface area contributed by atoms with Gasteiger partial charge in [-0.25, -0.2) is 0 Å². The highest BCUT2D eigenvalue weighted by molar-refractivity contribution is 5.87. The van der Waals surface area contributed by atoms with Gasteiger partial charge in [0.1, 0.15) is 6.54 Å². The third kappa shape index (κ3) is 16.4. The lowest BCUT2D eigenvalue weighted by Gasteiger charge is -2.43. The predicted octanol–water partition coefficient (Wildman–Crippen LogP) is 5.31. The SMILES string of the molecule is CCCCCCCCCCCCCCC/C=C/C(=O)NCC[N+](C)(CCO)C(C)(C)O. The second-order valence-electron chi connectivity index (χ2n) is 9.79. The Labute approximate surface area is 192 Å². The first-order chi connectivity index (χ1) is 14.8. The molecule has 0 rings (SSSR count). The van der Waals surface area contributed by atoms with Crippen LogP contribution in [0, 0.1) is 0 Å². The van der Waals surface area contributed by atoms with Gasteiger partial charge in [0.15, 0.2) is 5.72 Å². The van der Waals surface area contributed by atoms with Crippen molar-refractivity contribution in [3.63, 3.8) is 0 Å². The summed E-state index contributed by atoms with van der Waals surface area (Å²) in [5.74, 6) is -0.0824. The number of rotatable bonds is 21. The molecule has 0 heterocycles. The first-order valence-electron chi connectivity index (χ1n) is 12.9. The van der Waals surface area contributed by atoms with Gasteiger partial charge in [0.2, 0.25) is 5.91 Å². The zero-order chi connectivity index (χ0) is 23.4. The van der Waals surface area contributed by atoms with E-state index in [-0.39, 0.29) is 12.5 Å². The molecular weight excluding hydrogens is 388 g/mol. The van der Waals surface area contributed by atoms with E-state index in [1.54, 1.807) is 19.9 Å². The van der Waals surface area contributed by atoms with Crippen molar-refractivity contribution in [3.05, 3.63) is 12.2 Å². The maximum Gasteiger partial charge on any atom is 0.243 e. The number of likely N-dealkylation sites (N-methyl/N-ethyl adjacent to an activating group) is 1. The van der Waals surface area contributed by atoms with E-state index >= 15 is 0 Å². The summed E-state index contributed by atoms with van der Waals surface area (Å²) in [7, 11) is 1.90. The molecule has 0 bridgehead atoms. The average Bonchev–Trinajstić information content (AvgIpc) is 2.70. The van der Waals surface area contributed by atoms with Gasteiger partial charge >= 0.3 is 0 Å². The topological polar surface area (TPSA) is 69.6 Å². The number of carbonyl (C=O) groups excluding carboxylic acids is 1. The Hall–Kier alpha value is -0.910. The molecule has 184 valence electrons. The van der Waals surface area contributed by atoms with Crippen LogP contribution in [0.1, 0.15) is 111 Å². The van der Waals surface area contributed by atoms with Crippen LogP contribution in [-0.2, 0) is 4.79 Å². The quantitative estimate of drug-likeness (QED) is 0.0978. The number of nitrogens with zero attached hydrogens (tertiary/aromatic N) is 1. The zero-order valence-electron chi connectivity index (χ0n) is 21.1. The summed E-state index contributed by atoms with van der Waals surface area (Å²) in [6.07, 6.45) is 22.1. The number of nitrogens with one attached hydrogen (secondary N) is 1. The molecule has 0 aromatic heterocycles. The molecule has 0 saturated carbocycles. The lowest BCUT2D eigenvalue weighted by atomic mass is 10.0. The molecule has 0 aromatic carbocycles. The molecule has 31 heavy (non-hydrogen) atoms. The standard InChI is InChI=1S/C26H52N2O3/c1-5-6-7-8-9-10-11-12-13-14-15-16-17-18-19-20-25(30)27-21-22-28(4,23-24-29)26(2,3)31/h19-20,29,31H,5-18,21-24H2,1-4H3/p+1/b20-19+. The van der Waals surface area contributed by atoms with Crippen LogP contribution in [0.4, 0.5) is 0 Å². The molecule has 0 fully saturated rings. The Morgan fingerprint density at radius 1 is 0.871 bits per heavy atom.